The molecule has 0 saturated carbocycles. The monoisotopic (exact) mass is 276 g/mol. The molecule has 0 fully saturated rings. The molecule has 0 bridgehead atoms. The summed E-state index contributed by atoms with van der Waals surface area (Å²) in [5.41, 5.74) is 0. The van der Waals surface area contributed by atoms with Gasteiger partial charge < -0.3 is 0 Å². The van der Waals surface area contributed by atoms with Gasteiger partial charge in [0.2, 0.25) is 0 Å². The number of rotatable bonds is 3. The Hall–Kier alpha value is -0.370. The van der Waals surface area contributed by atoms with Crippen LogP contribution >= 0.6 is 46.5 Å². The molecule has 0 aliphatic rings. The van der Waals surface area contributed by atoms with E-state index in [1.54, 1.807) is 17.8 Å². The van der Waals surface area contributed by atoms with Crippen molar-refractivity contribution >= 4 is 46.5 Å². The summed E-state index contributed by atoms with van der Waals surface area (Å²) >= 11 is 10.3. The fourth-order valence-electron chi connectivity index (χ4n) is 0.784. The van der Waals surface area contributed by atoms with Crippen LogP contribution < -0.4 is 0 Å². The molecule has 0 unspecified atom stereocenters. The number of aromatic nitrogens is 4. The maximum absolute atomic E-state index is 5.74. The molecule has 78 valence electrons. The van der Waals surface area contributed by atoms with Crippen molar-refractivity contribution in [1.29, 1.82) is 0 Å². The molecule has 0 amide bonds. The Labute approximate surface area is 104 Å². The average molecular weight is 277 g/mol. The first-order valence-electron chi connectivity index (χ1n) is 3.81. The van der Waals surface area contributed by atoms with Crippen LogP contribution in [0.1, 0.15) is 0 Å². The quantitative estimate of drug-likeness (QED) is 0.635. The van der Waals surface area contributed by atoms with Crippen molar-refractivity contribution < 1.29 is 0 Å². The first-order valence-corrected chi connectivity index (χ1v) is 7.04. The van der Waals surface area contributed by atoms with Gasteiger partial charge in [0.25, 0.3) is 0 Å². The SMILES string of the molecule is CSc1nnc(Sc2cc(Cl)ncn2)s1. The van der Waals surface area contributed by atoms with E-state index in [4.69, 9.17) is 11.6 Å². The maximum atomic E-state index is 5.74. The van der Waals surface area contributed by atoms with Gasteiger partial charge in [0.1, 0.15) is 16.5 Å². The normalized spacial score (nSPS) is 10.5. The molecule has 2 aromatic heterocycles. The van der Waals surface area contributed by atoms with Crippen molar-refractivity contribution in [3.05, 3.63) is 17.5 Å². The fraction of sp³-hybridized carbons (Fsp3) is 0.143. The Kier molecular flexibility index (Phi) is 3.79. The van der Waals surface area contributed by atoms with E-state index in [0.717, 1.165) is 13.7 Å². The third-order valence-corrected chi connectivity index (χ3v) is 4.45. The largest absolute Gasteiger partial charge is 0.229 e. The van der Waals surface area contributed by atoms with Gasteiger partial charge in [0.15, 0.2) is 8.68 Å². The van der Waals surface area contributed by atoms with Crippen LogP contribution in [-0.2, 0) is 0 Å². The highest BCUT2D eigenvalue weighted by atomic mass is 35.5. The van der Waals surface area contributed by atoms with Crippen LogP contribution in [0.5, 0.6) is 0 Å². The predicted molar refractivity (Wildman–Crippen MR) is 62.9 cm³/mol. The van der Waals surface area contributed by atoms with Crippen LogP contribution in [-0.4, -0.2) is 26.4 Å². The highest BCUT2D eigenvalue weighted by Crippen LogP contribution is 2.31. The lowest BCUT2D eigenvalue weighted by atomic mass is 10.7. The van der Waals surface area contributed by atoms with Crippen molar-refractivity contribution in [2.45, 2.75) is 13.7 Å². The molecule has 15 heavy (non-hydrogen) atoms. The first kappa shape index (κ1) is 11.1. The van der Waals surface area contributed by atoms with Crippen molar-refractivity contribution in [2.75, 3.05) is 6.26 Å². The molecule has 0 saturated heterocycles. The summed E-state index contributed by atoms with van der Waals surface area (Å²) in [5, 5.41) is 9.22. The minimum atomic E-state index is 0.433. The van der Waals surface area contributed by atoms with E-state index < -0.39 is 0 Å². The molecule has 2 heterocycles. The van der Waals surface area contributed by atoms with Gasteiger partial charge in [-0.1, -0.05) is 34.7 Å². The molecule has 8 heteroatoms. The summed E-state index contributed by atoms with van der Waals surface area (Å²) in [6.07, 6.45) is 3.40. The van der Waals surface area contributed by atoms with E-state index >= 15 is 0 Å². The van der Waals surface area contributed by atoms with Crippen LogP contribution in [0.25, 0.3) is 0 Å². The van der Waals surface area contributed by atoms with Crippen LogP contribution in [0.4, 0.5) is 0 Å². The number of halogens is 1. The van der Waals surface area contributed by atoms with Gasteiger partial charge in [-0.25, -0.2) is 9.97 Å². The highest BCUT2D eigenvalue weighted by molar-refractivity contribution is 8.02. The Bertz CT molecular complexity index is 461. The third kappa shape index (κ3) is 3.04. The standard InChI is InChI=1S/C7H5ClN4S3/c1-13-6-11-12-7(15-6)14-5-2-4(8)9-3-10-5/h2-3H,1H3. The second kappa shape index (κ2) is 5.11. The minimum Gasteiger partial charge on any atom is -0.229 e. The zero-order valence-electron chi connectivity index (χ0n) is 7.55. The fourth-order valence-corrected chi connectivity index (χ4v) is 3.35. The van der Waals surface area contributed by atoms with Crippen molar-refractivity contribution in [1.82, 2.24) is 20.2 Å². The molecule has 2 rings (SSSR count). The third-order valence-electron chi connectivity index (χ3n) is 1.36. The van der Waals surface area contributed by atoms with Gasteiger partial charge >= 0.3 is 0 Å². The second-order valence-corrected chi connectivity index (χ2v) is 6.00. The average Bonchev–Trinajstić information content (AvgIpc) is 2.65. The molecule has 0 spiro atoms. The molecule has 0 radical (unpaired) electrons. The predicted octanol–water partition coefficient (Wildman–Crippen LogP) is 2.85. The van der Waals surface area contributed by atoms with Crippen LogP contribution in [0.3, 0.4) is 0 Å². The Morgan fingerprint density at radius 1 is 1.27 bits per heavy atom. The summed E-state index contributed by atoms with van der Waals surface area (Å²) < 4.78 is 1.80. The van der Waals surface area contributed by atoms with E-state index in [-0.39, 0.29) is 0 Å². The van der Waals surface area contributed by atoms with Gasteiger partial charge in [-0.3, -0.25) is 0 Å². The number of nitrogens with zero attached hydrogens (tertiary/aromatic N) is 4. The van der Waals surface area contributed by atoms with Crippen molar-refractivity contribution in [2.24, 2.45) is 0 Å². The highest BCUT2D eigenvalue weighted by Gasteiger charge is 2.06. The molecule has 4 nitrogen and oxygen atoms in total. The van der Waals surface area contributed by atoms with Crippen molar-refractivity contribution in [3.63, 3.8) is 0 Å². The van der Waals surface area contributed by atoms with Gasteiger partial charge in [-0.15, -0.1) is 10.2 Å². The molecule has 2 aromatic rings. The lowest BCUT2D eigenvalue weighted by Crippen LogP contribution is -1.82. The Balaban J connectivity index is 2.14. The Morgan fingerprint density at radius 2 is 2.07 bits per heavy atom. The second-order valence-electron chi connectivity index (χ2n) is 2.32. The van der Waals surface area contributed by atoms with E-state index in [9.17, 15) is 0 Å². The smallest absolute Gasteiger partial charge is 0.181 e. The van der Waals surface area contributed by atoms with Gasteiger partial charge in [-0.2, -0.15) is 0 Å². The maximum Gasteiger partial charge on any atom is 0.181 e. The van der Waals surface area contributed by atoms with Crippen LogP contribution in [0.2, 0.25) is 5.15 Å². The first-order chi connectivity index (χ1) is 7.28. The van der Waals surface area contributed by atoms with E-state index in [0.29, 0.717) is 5.15 Å². The molecule has 0 aliphatic carbocycles. The summed E-state index contributed by atoms with van der Waals surface area (Å²) in [5.74, 6) is 0. The molecule has 0 aromatic carbocycles. The van der Waals surface area contributed by atoms with E-state index in [2.05, 4.69) is 20.2 Å². The number of hydrogen-bond donors (Lipinski definition) is 0. The van der Waals surface area contributed by atoms with Crippen LogP contribution in [0.15, 0.2) is 26.1 Å². The minimum absolute atomic E-state index is 0.433. The molecule has 0 atom stereocenters. The van der Waals surface area contributed by atoms with E-state index in [1.165, 1.54) is 29.4 Å². The zero-order chi connectivity index (χ0) is 10.7. The van der Waals surface area contributed by atoms with Crippen LogP contribution in [0, 0.1) is 0 Å². The molecular weight excluding hydrogens is 272 g/mol. The number of thioether (sulfide) groups is 1. The summed E-state index contributed by atoms with van der Waals surface area (Å²) in [6, 6.07) is 1.70. The van der Waals surface area contributed by atoms with E-state index in [1.807, 2.05) is 6.26 Å². The zero-order valence-corrected chi connectivity index (χ0v) is 10.8. The lowest BCUT2D eigenvalue weighted by molar-refractivity contribution is 0.952. The molecule has 0 aliphatic heterocycles. The Morgan fingerprint density at radius 3 is 2.73 bits per heavy atom. The molecular formula is C7H5ClN4S3. The van der Waals surface area contributed by atoms with Gasteiger partial charge in [-0.05, 0) is 18.0 Å². The summed E-state index contributed by atoms with van der Waals surface area (Å²) in [6.45, 7) is 0. The van der Waals surface area contributed by atoms with Gasteiger partial charge in [0.05, 0.1) is 0 Å². The number of hydrogen-bond acceptors (Lipinski definition) is 7. The van der Waals surface area contributed by atoms with Crippen molar-refractivity contribution in [3.8, 4) is 0 Å². The lowest BCUT2D eigenvalue weighted by Gasteiger charge is -1.94. The summed E-state index contributed by atoms with van der Waals surface area (Å²) in [4.78, 5) is 7.88. The topological polar surface area (TPSA) is 51.6 Å². The molecule has 0 N–H and O–H groups in total. The van der Waals surface area contributed by atoms with Gasteiger partial charge in [0, 0.05) is 6.07 Å². The summed E-state index contributed by atoms with van der Waals surface area (Å²) in [7, 11) is 0.